The van der Waals surface area contributed by atoms with Gasteiger partial charge in [-0.1, -0.05) is 48.6 Å². The van der Waals surface area contributed by atoms with Crippen LogP contribution in [-0.4, -0.2) is 0 Å². The van der Waals surface area contributed by atoms with Crippen LogP contribution in [0.2, 0.25) is 0 Å². The summed E-state index contributed by atoms with van der Waals surface area (Å²) in [5, 5.41) is 0. The lowest BCUT2D eigenvalue weighted by atomic mass is 10.2. The zero-order valence-electron chi connectivity index (χ0n) is 8.02. The second kappa shape index (κ2) is 7.60. The number of hydrogen-bond donors (Lipinski definition) is 0. The molecule has 0 aromatic rings. The highest BCUT2D eigenvalue weighted by Gasteiger charge is 1.79. The Kier molecular flexibility index (Phi) is 5.87. The zero-order valence-corrected chi connectivity index (χ0v) is 8.02. The maximum absolute atomic E-state index is 2.25. The van der Waals surface area contributed by atoms with Gasteiger partial charge in [0.15, 0.2) is 0 Å². The summed E-state index contributed by atoms with van der Waals surface area (Å²) in [6.45, 7) is 0. The van der Waals surface area contributed by atoms with Crippen LogP contribution in [0.1, 0.15) is 25.7 Å². The minimum absolute atomic E-state index is 1.05. The fourth-order valence-corrected chi connectivity index (χ4v) is 1.16. The van der Waals surface area contributed by atoms with Gasteiger partial charge in [0.25, 0.3) is 0 Å². The summed E-state index contributed by atoms with van der Waals surface area (Å²) in [6.07, 6.45) is 24.0. The van der Waals surface area contributed by atoms with E-state index in [2.05, 4.69) is 55.0 Å². The van der Waals surface area contributed by atoms with Crippen molar-refractivity contribution in [2.45, 2.75) is 25.7 Å². The van der Waals surface area contributed by atoms with Gasteiger partial charge in [0.05, 0.1) is 0 Å². The molecule has 0 heterocycles. The molecule has 0 heteroatoms. The molecule has 0 amide bonds. The summed E-state index contributed by atoms with van der Waals surface area (Å²) in [5.74, 6) is 0. The Labute approximate surface area is 81.4 Å². The topological polar surface area (TPSA) is 0 Å². The molecule has 0 fully saturated rings. The first-order valence-electron chi connectivity index (χ1n) is 4.95. The van der Waals surface area contributed by atoms with Crippen molar-refractivity contribution >= 4 is 0 Å². The molecule has 1 aliphatic carbocycles. The zero-order chi connectivity index (χ0) is 9.19. The predicted molar refractivity (Wildman–Crippen MR) is 59.3 cm³/mol. The molecular weight excluding hydrogens is 156 g/mol. The summed E-state index contributed by atoms with van der Waals surface area (Å²) >= 11 is 0. The lowest BCUT2D eigenvalue weighted by Crippen LogP contribution is -1.65. The van der Waals surface area contributed by atoms with Crippen molar-refractivity contribution in [1.29, 1.82) is 0 Å². The van der Waals surface area contributed by atoms with Crippen LogP contribution in [-0.2, 0) is 0 Å². The van der Waals surface area contributed by atoms with Crippen molar-refractivity contribution in [2.75, 3.05) is 0 Å². The molecule has 1 rings (SSSR count). The van der Waals surface area contributed by atoms with Crippen LogP contribution in [0.15, 0.2) is 48.6 Å². The third kappa shape index (κ3) is 6.15. The normalized spacial score (nSPS) is 19.1. The van der Waals surface area contributed by atoms with E-state index in [4.69, 9.17) is 0 Å². The van der Waals surface area contributed by atoms with Crippen LogP contribution in [0.4, 0.5) is 0 Å². The summed E-state index contributed by atoms with van der Waals surface area (Å²) in [6, 6.07) is 0. The van der Waals surface area contributed by atoms with Gasteiger partial charge in [-0.15, -0.1) is 0 Å². The summed E-state index contributed by atoms with van der Waals surface area (Å²) in [5.41, 5.74) is 0. The van der Waals surface area contributed by atoms with Gasteiger partial charge in [-0.2, -0.15) is 0 Å². The van der Waals surface area contributed by atoms with E-state index in [9.17, 15) is 0 Å². The number of hydrogen-bond acceptors (Lipinski definition) is 0. The van der Waals surface area contributed by atoms with E-state index < -0.39 is 0 Å². The molecule has 0 spiro atoms. The van der Waals surface area contributed by atoms with Gasteiger partial charge < -0.3 is 0 Å². The lowest BCUT2D eigenvalue weighted by Gasteiger charge is -1.85. The third-order valence-corrected chi connectivity index (χ3v) is 1.87. The molecule has 0 aromatic carbocycles. The molecule has 0 N–H and O–H groups in total. The summed E-state index contributed by atoms with van der Waals surface area (Å²) in [7, 11) is 0. The van der Waals surface area contributed by atoms with E-state index >= 15 is 0 Å². The van der Waals surface area contributed by atoms with Crippen molar-refractivity contribution in [2.24, 2.45) is 0 Å². The van der Waals surface area contributed by atoms with E-state index in [1.54, 1.807) is 0 Å². The first kappa shape index (κ1) is 10.0. The van der Waals surface area contributed by atoms with E-state index in [-0.39, 0.29) is 0 Å². The molecule has 0 nitrogen and oxygen atoms in total. The highest BCUT2D eigenvalue weighted by atomic mass is 13.9. The molecule has 0 aromatic heterocycles. The van der Waals surface area contributed by atoms with Gasteiger partial charge in [-0.05, 0) is 25.7 Å². The molecule has 69 valence electrons. The summed E-state index contributed by atoms with van der Waals surface area (Å²) < 4.78 is 0. The van der Waals surface area contributed by atoms with Crippen molar-refractivity contribution in [1.82, 2.24) is 0 Å². The van der Waals surface area contributed by atoms with Gasteiger partial charge >= 0.3 is 0 Å². The minimum atomic E-state index is 1.05. The maximum atomic E-state index is 2.25. The minimum Gasteiger partial charge on any atom is -0.0879 e. The summed E-state index contributed by atoms with van der Waals surface area (Å²) in [4.78, 5) is 0. The van der Waals surface area contributed by atoms with E-state index in [0.717, 1.165) is 25.7 Å². The first-order chi connectivity index (χ1) is 6.50. The average molecular weight is 173 g/mol. The predicted octanol–water partition coefficient (Wildman–Crippen LogP) is 3.99. The van der Waals surface area contributed by atoms with Gasteiger partial charge in [0, 0.05) is 6.42 Å². The molecule has 1 aliphatic rings. The van der Waals surface area contributed by atoms with Crippen LogP contribution in [0, 0.1) is 6.42 Å². The molecular formula is C13H17. The molecule has 0 saturated carbocycles. The lowest BCUT2D eigenvalue weighted by molar-refractivity contribution is 1.04. The largest absolute Gasteiger partial charge is 0.0879 e. The van der Waals surface area contributed by atoms with Gasteiger partial charge in [0.1, 0.15) is 0 Å². The molecule has 0 unspecified atom stereocenters. The van der Waals surface area contributed by atoms with Gasteiger partial charge in [-0.3, -0.25) is 0 Å². The molecule has 0 aliphatic heterocycles. The van der Waals surface area contributed by atoms with Gasteiger partial charge in [-0.25, -0.2) is 0 Å². The number of rotatable bonds is 0. The van der Waals surface area contributed by atoms with E-state index in [1.165, 1.54) is 0 Å². The Morgan fingerprint density at radius 2 is 1.08 bits per heavy atom. The second-order valence-corrected chi connectivity index (χ2v) is 3.04. The monoisotopic (exact) mass is 173 g/mol. The smallest absolute Gasteiger partial charge is 0.00443 e. The quantitative estimate of drug-likeness (QED) is 0.486. The standard InChI is InChI=1S/C13H17/c1-2-4-6-8-10-12-13-11-9-7-5-3-1/h1-5,8-11H,6-7,12-13H2. The van der Waals surface area contributed by atoms with Crippen molar-refractivity contribution in [3.05, 3.63) is 55.0 Å². The van der Waals surface area contributed by atoms with Crippen LogP contribution in [0.3, 0.4) is 0 Å². The van der Waals surface area contributed by atoms with Crippen molar-refractivity contribution in [3.8, 4) is 0 Å². The SMILES string of the molecule is [CH]1C=CCC=CCCC=CCC=C1. The molecule has 0 atom stereocenters. The van der Waals surface area contributed by atoms with Crippen LogP contribution >= 0.6 is 0 Å². The third-order valence-electron chi connectivity index (χ3n) is 1.87. The molecule has 1 radical (unpaired) electrons. The Hall–Kier alpha value is -1.04. The highest BCUT2D eigenvalue weighted by molar-refractivity contribution is 5.11. The Morgan fingerprint density at radius 3 is 1.62 bits per heavy atom. The number of allylic oxidation sites excluding steroid dienone is 8. The molecule has 0 bridgehead atoms. The fourth-order valence-electron chi connectivity index (χ4n) is 1.16. The van der Waals surface area contributed by atoms with E-state index in [1.807, 2.05) is 0 Å². The van der Waals surface area contributed by atoms with Crippen LogP contribution in [0.5, 0.6) is 0 Å². The average Bonchev–Trinajstić information content (AvgIpc) is 2.18. The maximum Gasteiger partial charge on any atom is 0.00443 e. The van der Waals surface area contributed by atoms with E-state index in [0.29, 0.717) is 0 Å². The fraction of sp³-hybridized carbons (Fsp3) is 0.308. The molecule has 13 heavy (non-hydrogen) atoms. The Bertz CT molecular complexity index is 192. The Morgan fingerprint density at radius 1 is 0.538 bits per heavy atom. The second-order valence-electron chi connectivity index (χ2n) is 3.04. The van der Waals surface area contributed by atoms with Gasteiger partial charge in [0.2, 0.25) is 0 Å². The van der Waals surface area contributed by atoms with Crippen molar-refractivity contribution in [3.63, 3.8) is 0 Å². The first-order valence-corrected chi connectivity index (χ1v) is 4.95. The Balaban J connectivity index is 2.38. The van der Waals surface area contributed by atoms with Crippen LogP contribution in [0.25, 0.3) is 0 Å². The highest BCUT2D eigenvalue weighted by Crippen LogP contribution is 1.99. The van der Waals surface area contributed by atoms with Crippen molar-refractivity contribution < 1.29 is 0 Å². The molecule has 0 saturated heterocycles. The van der Waals surface area contributed by atoms with Crippen LogP contribution < -0.4 is 0 Å².